The molecule has 1 N–H and O–H groups in total. The number of nitrogens with zero attached hydrogens (tertiary/aromatic N) is 3. The van der Waals surface area contributed by atoms with Crippen LogP contribution in [0.5, 0.6) is 0 Å². The SMILES string of the molecule is CC[C@H]1CCCCN1CC(=O)N1CCc2[nH]nc(-c3ccccc3)c2C1. The summed E-state index contributed by atoms with van der Waals surface area (Å²) in [5.41, 5.74) is 4.46. The number of benzene rings is 1. The number of fused-ring (bicyclic) bond motifs is 1. The van der Waals surface area contributed by atoms with E-state index in [1.54, 1.807) is 0 Å². The zero-order valence-electron chi connectivity index (χ0n) is 15.6. The zero-order chi connectivity index (χ0) is 17.9. The van der Waals surface area contributed by atoms with Gasteiger partial charge in [-0.15, -0.1) is 0 Å². The summed E-state index contributed by atoms with van der Waals surface area (Å²) in [6.07, 6.45) is 5.74. The number of hydrogen-bond acceptors (Lipinski definition) is 3. The van der Waals surface area contributed by atoms with E-state index >= 15 is 0 Å². The minimum Gasteiger partial charge on any atom is -0.337 e. The van der Waals surface area contributed by atoms with E-state index in [0.29, 0.717) is 19.1 Å². The molecule has 0 spiro atoms. The highest BCUT2D eigenvalue weighted by molar-refractivity contribution is 5.79. The van der Waals surface area contributed by atoms with Crippen LogP contribution in [0.3, 0.4) is 0 Å². The third-order valence-electron chi connectivity index (χ3n) is 5.89. The monoisotopic (exact) mass is 352 g/mol. The fourth-order valence-electron chi connectivity index (χ4n) is 4.35. The summed E-state index contributed by atoms with van der Waals surface area (Å²) < 4.78 is 0. The number of carbonyl (C=O) groups excluding carboxylic acids is 1. The molecule has 0 saturated carbocycles. The van der Waals surface area contributed by atoms with Crippen molar-refractivity contribution in [2.24, 2.45) is 0 Å². The van der Waals surface area contributed by atoms with E-state index in [2.05, 4.69) is 34.2 Å². The van der Waals surface area contributed by atoms with Crippen LogP contribution in [0.4, 0.5) is 0 Å². The van der Waals surface area contributed by atoms with Gasteiger partial charge in [-0.1, -0.05) is 43.7 Å². The average molecular weight is 352 g/mol. The van der Waals surface area contributed by atoms with E-state index in [1.807, 2.05) is 23.1 Å². The van der Waals surface area contributed by atoms with Crippen LogP contribution >= 0.6 is 0 Å². The Hall–Kier alpha value is -2.14. The maximum Gasteiger partial charge on any atom is 0.237 e. The van der Waals surface area contributed by atoms with Gasteiger partial charge in [0.25, 0.3) is 0 Å². The Morgan fingerprint density at radius 2 is 2.08 bits per heavy atom. The lowest BCUT2D eigenvalue weighted by Gasteiger charge is -2.36. The number of hydrogen-bond donors (Lipinski definition) is 1. The van der Waals surface area contributed by atoms with E-state index in [9.17, 15) is 4.79 Å². The van der Waals surface area contributed by atoms with Gasteiger partial charge in [-0.25, -0.2) is 0 Å². The molecule has 26 heavy (non-hydrogen) atoms. The minimum atomic E-state index is 0.260. The normalized spacial score (nSPS) is 20.8. The Morgan fingerprint density at radius 1 is 1.23 bits per heavy atom. The van der Waals surface area contributed by atoms with Gasteiger partial charge in [0.2, 0.25) is 5.91 Å². The summed E-state index contributed by atoms with van der Waals surface area (Å²) in [7, 11) is 0. The molecule has 0 aliphatic carbocycles. The predicted molar refractivity (Wildman–Crippen MR) is 103 cm³/mol. The summed E-state index contributed by atoms with van der Waals surface area (Å²) in [5.74, 6) is 0.260. The molecule has 2 aliphatic rings. The van der Waals surface area contributed by atoms with Crippen molar-refractivity contribution in [3.05, 3.63) is 41.6 Å². The zero-order valence-corrected chi connectivity index (χ0v) is 15.6. The van der Waals surface area contributed by atoms with Crippen molar-refractivity contribution in [2.75, 3.05) is 19.6 Å². The molecule has 2 aliphatic heterocycles. The van der Waals surface area contributed by atoms with Crippen molar-refractivity contribution in [1.82, 2.24) is 20.0 Å². The van der Waals surface area contributed by atoms with Gasteiger partial charge in [-0.05, 0) is 25.8 Å². The maximum atomic E-state index is 13.0. The van der Waals surface area contributed by atoms with Crippen molar-refractivity contribution in [2.45, 2.75) is 51.6 Å². The number of amides is 1. The number of likely N-dealkylation sites (tertiary alicyclic amines) is 1. The fraction of sp³-hybridized carbons (Fsp3) is 0.524. The highest BCUT2D eigenvalue weighted by Crippen LogP contribution is 2.28. The number of aromatic amines is 1. The Morgan fingerprint density at radius 3 is 2.88 bits per heavy atom. The molecule has 3 heterocycles. The molecular weight excluding hydrogens is 324 g/mol. The van der Waals surface area contributed by atoms with E-state index in [4.69, 9.17) is 0 Å². The third kappa shape index (κ3) is 3.40. The molecular formula is C21H28N4O. The Labute approximate surface area is 155 Å². The number of rotatable bonds is 4. The van der Waals surface area contributed by atoms with Crippen molar-refractivity contribution in [3.8, 4) is 11.3 Å². The number of aromatic nitrogens is 2. The first-order valence-corrected chi connectivity index (χ1v) is 9.89. The van der Waals surface area contributed by atoms with Gasteiger partial charge in [0, 0.05) is 42.4 Å². The van der Waals surface area contributed by atoms with Gasteiger partial charge in [0.05, 0.1) is 12.2 Å². The van der Waals surface area contributed by atoms with Gasteiger partial charge in [-0.3, -0.25) is 14.8 Å². The smallest absolute Gasteiger partial charge is 0.237 e. The summed E-state index contributed by atoms with van der Waals surface area (Å²) in [6, 6.07) is 10.8. The minimum absolute atomic E-state index is 0.260. The number of nitrogens with one attached hydrogen (secondary N) is 1. The molecule has 1 amide bonds. The lowest BCUT2D eigenvalue weighted by Crippen LogP contribution is -2.47. The highest BCUT2D eigenvalue weighted by Gasteiger charge is 2.29. The lowest BCUT2D eigenvalue weighted by atomic mass is 9.99. The largest absolute Gasteiger partial charge is 0.337 e. The lowest BCUT2D eigenvalue weighted by molar-refractivity contribution is -0.134. The quantitative estimate of drug-likeness (QED) is 0.919. The van der Waals surface area contributed by atoms with Crippen LogP contribution in [-0.2, 0) is 17.8 Å². The summed E-state index contributed by atoms with van der Waals surface area (Å²) >= 11 is 0. The van der Waals surface area contributed by atoms with E-state index in [0.717, 1.165) is 37.2 Å². The number of piperidine rings is 1. The van der Waals surface area contributed by atoms with Crippen LogP contribution < -0.4 is 0 Å². The van der Waals surface area contributed by atoms with E-state index in [1.165, 1.54) is 30.5 Å². The van der Waals surface area contributed by atoms with Crippen LogP contribution in [0.15, 0.2) is 30.3 Å². The average Bonchev–Trinajstić information content (AvgIpc) is 3.12. The summed E-state index contributed by atoms with van der Waals surface area (Å²) in [6.45, 7) is 5.31. The molecule has 2 aromatic rings. The molecule has 5 heteroatoms. The van der Waals surface area contributed by atoms with Crippen molar-refractivity contribution in [3.63, 3.8) is 0 Å². The number of H-pyrrole nitrogens is 1. The van der Waals surface area contributed by atoms with E-state index < -0.39 is 0 Å². The molecule has 1 fully saturated rings. The third-order valence-corrected chi connectivity index (χ3v) is 5.89. The molecule has 0 bridgehead atoms. The second kappa shape index (κ2) is 7.62. The van der Waals surface area contributed by atoms with Crippen LogP contribution in [-0.4, -0.2) is 51.6 Å². The number of carbonyl (C=O) groups is 1. The second-order valence-corrected chi connectivity index (χ2v) is 7.49. The Balaban J connectivity index is 1.48. The molecule has 0 radical (unpaired) electrons. The molecule has 4 rings (SSSR count). The molecule has 5 nitrogen and oxygen atoms in total. The maximum absolute atomic E-state index is 13.0. The van der Waals surface area contributed by atoms with Crippen molar-refractivity contribution < 1.29 is 4.79 Å². The van der Waals surface area contributed by atoms with Crippen LogP contribution in [0.2, 0.25) is 0 Å². The van der Waals surface area contributed by atoms with Crippen LogP contribution in [0.1, 0.15) is 43.9 Å². The Bertz CT molecular complexity index is 755. The first-order chi connectivity index (χ1) is 12.8. The molecule has 0 unspecified atom stereocenters. The molecule has 1 aromatic heterocycles. The first kappa shape index (κ1) is 17.3. The topological polar surface area (TPSA) is 52.2 Å². The molecule has 1 aromatic carbocycles. The molecule has 138 valence electrons. The van der Waals surface area contributed by atoms with Gasteiger partial charge >= 0.3 is 0 Å². The van der Waals surface area contributed by atoms with Crippen LogP contribution in [0, 0.1) is 0 Å². The summed E-state index contributed by atoms with van der Waals surface area (Å²) in [4.78, 5) is 17.4. The van der Waals surface area contributed by atoms with Crippen LogP contribution in [0.25, 0.3) is 11.3 Å². The summed E-state index contributed by atoms with van der Waals surface area (Å²) in [5, 5.41) is 7.71. The van der Waals surface area contributed by atoms with Crippen molar-refractivity contribution in [1.29, 1.82) is 0 Å². The predicted octanol–water partition coefficient (Wildman–Crippen LogP) is 3.23. The van der Waals surface area contributed by atoms with Gasteiger partial charge in [0.1, 0.15) is 0 Å². The Kier molecular flexibility index (Phi) is 5.07. The second-order valence-electron chi connectivity index (χ2n) is 7.49. The molecule has 1 atom stereocenters. The van der Waals surface area contributed by atoms with Gasteiger partial charge in [-0.2, -0.15) is 5.10 Å². The first-order valence-electron chi connectivity index (χ1n) is 9.89. The van der Waals surface area contributed by atoms with Crippen molar-refractivity contribution >= 4 is 5.91 Å². The molecule has 1 saturated heterocycles. The standard InChI is InChI=1S/C21H28N4O/c1-2-17-10-6-7-12-24(17)15-20(26)25-13-11-19-18(14-25)21(23-22-19)16-8-4-3-5-9-16/h3-5,8-9,17H,2,6-7,10-15H2,1H3,(H,22,23)/t17-/m0/s1. The van der Waals surface area contributed by atoms with Gasteiger partial charge in [0.15, 0.2) is 0 Å². The van der Waals surface area contributed by atoms with E-state index in [-0.39, 0.29) is 5.91 Å². The highest BCUT2D eigenvalue weighted by atomic mass is 16.2. The van der Waals surface area contributed by atoms with Gasteiger partial charge < -0.3 is 4.90 Å². The fourth-order valence-corrected chi connectivity index (χ4v) is 4.35.